The van der Waals surface area contributed by atoms with Crippen LogP contribution in [-0.2, 0) is 14.2 Å². The van der Waals surface area contributed by atoms with Crippen LogP contribution >= 0.6 is 0 Å². The first-order valence-corrected chi connectivity index (χ1v) is 41.8. The summed E-state index contributed by atoms with van der Waals surface area (Å²) >= 11 is -4.91. The van der Waals surface area contributed by atoms with E-state index in [0.717, 1.165) is 0 Å². The molecule has 6 rings (SSSR count). The molecule has 2 heteroatoms. The fourth-order valence-electron chi connectivity index (χ4n) is 9.00. The van der Waals surface area contributed by atoms with Crippen molar-refractivity contribution in [1.29, 1.82) is 0 Å². The van der Waals surface area contributed by atoms with Gasteiger partial charge < -0.3 is 0 Å². The van der Waals surface area contributed by atoms with Crippen molar-refractivity contribution in [3.63, 3.8) is 0 Å². The quantitative estimate of drug-likeness (QED) is 0.157. The second-order valence-electron chi connectivity index (χ2n) is 17.5. The van der Waals surface area contributed by atoms with Crippen LogP contribution in [0.15, 0.2) is 97.1 Å². The zero-order valence-corrected chi connectivity index (χ0v) is 33.3. The molecule has 0 spiro atoms. The predicted octanol–water partition coefficient (Wildman–Crippen LogP) is 12.4. The van der Waals surface area contributed by atoms with Crippen LogP contribution in [0.25, 0.3) is 34.4 Å². The van der Waals surface area contributed by atoms with Crippen molar-refractivity contribution in [1.82, 2.24) is 0 Å². The van der Waals surface area contributed by atoms with Crippen molar-refractivity contribution in [2.45, 2.75) is 78.4 Å². The Morgan fingerprint density at radius 2 is 0.977 bits per heavy atom. The van der Waals surface area contributed by atoms with Gasteiger partial charge in [-0.1, -0.05) is 0 Å². The Hall–Kier alpha value is -2.55. The topological polar surface area (TPSA) is 0 Å². The average Bonchev–Trinajstić information content (AvgIpc) is 3.69. The Bertz CT molecular complexity index is 1850. The number of hydrogen-bond acceptors (Lipinski definition) is 0. The molecular weight excluding hydrogens is 711 g/mol. The number of allylic oxidation sites excluding steroid dienone is 2. The molecule has 0 saturated heterocycles. The van der Waals surface area contributed by atoms with Gasteiger partial charge in [-0.3, -0.25) is 0 Å². The maximum atomic E-state index is 2.84. The first-order chi connectivity index (χ1) is 20.7. The Balaban J connectivity index is 1.55. The van der Waals surface area contributed by atoms with E-state index < -0.39 is 14.2 Å². The van der Waals surface area contributed by atoms with Gasteiger partial charge in [0.05, 0.1) is 0 Å². The number of hydrogen-bond donors (Lipinski definition) is 0. The molecule has 0 aliphatic heterocycles. The molecule has 0 N–H and O–H groups in total. The molecule has 2 unspecified atom stereocenters. The van der Waals surface area contributed by atoms with Crippen molar-refractivity contribution in [3.05, 3.63) is 130 Å². The van der Waals surface area contributed by atoms with Crippen molar-refractivity contribution >= 4 is 19.1 Å². The standard InChI is InChI=1S/2C18H17.2C2H5.2CH3.Hf.H2Si/c2*1-13(2)15-8-3-9-16(12-15)18-11-5-7-14-6-4-10-17(14)18;2*1-2;;;;/h2*3-13H,1-2H3;2*1H2,2H3;2*1H3;;1H2. The van der Waals surface area contributed by atoms with E-state index in [1.54, 1.807) is 11.1 Å². The van der Waals surface area contributed by atoms with Crippen molar-refractivity contribution in [3.8, 4) is 22.3 Å². The second kappa shape index (κ2) is 9.73. The first-order valence-electron chi connectivity index (χ1n) is 17.1. The first kappa shape index (κ1) is 31.4. The van der Waals surface area contributed by atoms with Crippen molar-refractivity contribution < 1.29 is 14.2 Å². The van der Waals surface area contributed by atoms with E-state index >= 15 is 0 Å². The van der Waals surface area contributed by atoms with E-state index in [-0.39, 0.29) is 0 Å². The van der Waals surface area contributed by atoms with Crippen LogP contribution in [0.4, 0.5) is 0 Å². The fraction of sp³-hybridized carbons (Fsp3) is 0.333. The summed E-state index contributed by atoms with van der Waals surface area (Å²) in [7, 11) is 0. The SMILES string of the molecule is C[CH2][Hf]([CH3])([CH3])(=[SiH2])([CH2]C)([CH]1C=Cc2c(-c3cccc(C(C)C)c3)cccc21)[CH]1C=Cc2c(-c3cccc(C(C)C)c3)cccc21. The van der Waals surface area contributed by atoms with Gasteiger partial charge in [-0.25, -0.2) is 0 Å². The molecule has 2 atom stereocenters. The van der Waals surface area contributed by atoms with Crippen LogP contribution in [0, 0.1) is 0 Å². The van der Waals surface area contributed by atoms with Gasteiger partial charge >= 0.3 is 264 Å². The van der Waals surface area contributed by atoms with Crippen molar-refractivity contribution in [2.75, 3.05) is 0 Å². The maximum absolute atomic E-state index is 4.91. The molecular formula is C42H52HfSi. The van der Waals surface area contributed by atoms with Crippen molar-refractivity contribution in [2.24, 2.45) is 0 Å². The minimum absolute atomic E-state index is 0.435. The summed E-state index contributed by atoms with van der Waals surface area (Å²) in [5.41, 5.74) is 14.2. The van der Waals surface area contributed by atoms with Crippen LogP contribution in [0.1, 0.15) is 94.1 Å². The Morgan fingerprint density at radius 1 is 0.591 bits per heavy atom. The van der Waals surface area contributed by atoms with E-state index in [2.05, 4.69) is 167 Å². The van der Waals surface area contributed by atoms with Crippen LogP contribution in [-0.4, -0.2) is 6.94 Å². The van der Waals surface area contributed by atoms with Crippen LogP contribution in [0.5, 0.6) is 0 Å². The van der Waals surface area contributed by atoms with Gasteiger partial charge in [-0.2, -0.15) is 0 Å². The third kappa shape index (κ3) is 4.37. The summed E-state index contributed by atoms with van der Waals surface area (Å²) in [5, 5.41) is 0. The second-order valence-corrected chi connectivity index (χ2v) is 96.0. The Kier molecular flexibility index (Phi) is 6.95. The minimum atomic E-state index is -4.91. The summed E-state index contributed by atoms with van der Waals surface area (Å²) in [6, 6.07) is 32.7. The van der Waals surface area contributed by atoms with Gasteiger partial charge in [0.25, 0.3) is 0 Å². The molecule has 0 aromatic heterocycles. The number of benzene rings is 4. The molecule has 4 aromatic carbocycles. The molecule has 0 heterocycles. The van der Waals surface area contributed by atoms with Crippen LogP contribution in [0.3, 0.4) is 0 Å². The third-order valence-corrected chi connectivity index (χ3v) is 77.0. The number of rotatable bonds is 8. The number of fused-ring (bicyclic) bond motifs is 2. The molecule has 2 aliphatic rings. The Morgan fingerprint density at radius 3 is 1.34 bits per heavy atom. The van der Waals surface area contributed by atoms with E-state index in [0.29, 0.717) is 19.2 Å². The summed E-state index contributed by atoms with van der Waals surface area (Å²) < 4.78 is 9.03. The molecule has 2 aliphatic carbocycles. The molecule has 4 aromatic rings. The molecule has 0 nitrogen and oxygen atoms in total. The Labute approximate surface area is 262 Å². The summed E-state index contributed by atoms with van der Waals surface area (Å²) in [4.78, 5) is 0. The van der Waals surface area contributed by atoms with Gasteiger partial charge in [0, 0.05) is 0 Å². The van der Waals surface area contributed by atoms with E-state index in [1.165, 1.54) is 52.9 Å². The zero-order valence-electron chi connectivity index (χ0n) is 28.3. The molecule has 0 radical (unpaired) electrons. The van der Waals surface area contributed by atoms with Crippen LogP contribution in [0.2, 0.25) is 17.7 Å². The summed E-state index contributed by atoms with van der Waals surface area (Å²) in [5.74, 6) is 1.03. The summed E-state index contributed by atoms with van der Waals surface area (Å²) in [6.45, 7) is 16.7. The molecule has 228 valence electrons. The molecule has 0 amide bonds. The summed E-state index contributed by atoms with van der Waals surface area (Å²) in [6.07, 6.45) is 10.3. The van der Waals surface area contributed by atoms with Gasteiger partial charge in [0.1, 0.15) is 0 Å². The predicted molar refractivity (Wildman–Crippen MR) is 197 cm³/mol. The molecule has 0 bridgehead atoms. The van der Waals surface area contributed by atoms with E-state index in [4.69, 9.17) is 0 Å². The van der Waals surface area contributed by atoms with Crippen LogP contribution < -0.4 is 0 Å². The molecule has 0 saturated carbocycles. The molecule has 0 fully saturated rings. The van der Waals surface area contributed by atoms with Gasteiger partial charge in [-0.05, 0) is 0 Å². The normalized spacial score (nSPS) is 19.8. The fourth-order valence-corrected chi connectivity index (χ4v) is 43.8. The zero-order chi connectivity index (χ0) is 31.6. The average molecular weight is 763 g/mol. The van der Waals surface area contributed by atoms with E-state index in [1.807, 2.05) is 0 Å². The van der Waals surface area contributed by atoms with Gasteiger partial charge in [0.2, 0.25) is 0 Å². The molecule has 44 heavy (non-hydrogen) atoms. The monoisotopic (exact) mass is 764 g/mol. The van der Waals surface area contributed by atoms with E-state index in [9.17, 15) is 0 Å². The van der Waals surface area contributed by atoms with Gasteiger partial charge in [0.15, 0.2) is 0 Å². The third-order valence-electron chi connectivity index (χ3n) is 13.7. The van der Waals surface area contributed by atoms with Gasteiger partial charge in [-0.15, -0.1) is 0 Å².